The van der Waals surface area contributed by atoms with E-state index in [9.17, 15) is 9.90 Å². The molecule has 0 bridgehead atoms. The van der Waals surface area contributed by atoms with Crippen LogP contribution in [0.25, 0.3) is 0 Å². The number of halogens is 3. The number of rotatable bonds is 6. The summed E-state index contributed by atoms with van der Waals surface area (Å²) in [5.41, 5.74) is 4.33. The smallest absolute Gasteiger partial charge is 0.257 e. The first-order valence-corrected chi connectivity index (χ1v) is 12.1. The molecule has 4 rings (SSSR count). The van der Waals surface area contributed by atoms with E-state index in [1.54, 1.807) is 30.5 Å². The van der Waals surface area contributed by atoms with Gasteiger partial charge in [-0.3, -0.25) is 4.79 Å². The van der Waals surface area contributed by atoms with Gasteiger partial charge in [-0.05, 0) is 41.1 Å². The van der Waals surface area contributed by atoms with Crippen LogP contribution in [0.4, 0.5) is 17.5 Å². The van der Waals surface area contributed by atoms with E-state index in [0.29, 0.717) is 28.4 Å². The number of ether oxygens (including phenoxy) is 1. The second kappa shape index (κ2) is 11.2. The third-order valence-electron chi connectivity index (χ3n) is 5.21. The van der Waals surface area contributed by atoms with Gasteiger partial charge in [0.15, 0.2) is 0 Å². The van der Waals surface area contributed by atoms with Crippen molar-refractivity contribution in [3.8, 4) is 5.75 Å². The van der Waals surface area contributed by atoms with Gasteiger partial charge in [-0.15, -0.1) is 0 Å². The van der Waals surface area contributed by atoms with Gasteiger partial charge in [0.05, 0.1) is 46.3 Å². The molecule has 3 N–H and O–H groups in total. The summed E-state index contributed by atoms with van der Waals surface area (Å²) in [6, 6.07) is 8.25. The molecule has 1 aliphatic rings. The van der Waals surface area contributed by atoms with Gasteiger partial charge in [0.2, 0.25) is 5.95 Å². The fourth-order valence-corrected chi connectivity index (χ4v) is 4.62. The Morgan fingerprint density at radius 1 is 1.26 bits per heavy atom. The fourth-order valence-electron chi connectivity index (χ4n) is 3.47. The molecule has 1 aliphatic heterocycles. The average Bonchev–Trinajstić information content (AvgIpc) is 2.85. The lowest BCUT2D eigenvalue weighted by molar-refractivity contribution is 0.102. The molecule has 1 saturated heterocycles. The predicted molar refractivity (Wildman–Crippen MR) is 141 cm³/mol. The fraction of sp³-hybridized carbons (Fsp3) is 0.217. The number of para-hydroxylation sites is 1. The number of nitrogens with zero attached hydrogens (tertiary/aromatic N) is 4. The highest BCUT2D eigenvalue weighted by molar-refractivity contribution is 9.10. The number of hydrogen-bond acceptors (Lipinski definition) is 8. The zero-order chi connectivity index (χ0) is 24.9. The van der Waals surface area contributed by atoms with Crippen LogP contribution in [0.15, 0.2) is 46.1 Å². The number of nitrogens with one attached hydrogen (secondary N) is 2. The number of carbonyl (C=O) groups excluding carboxylic acids is 1. The van der Waals surface area contributed by atoms with Gasteiger partial charge < -0.3 is 20.1 Å². The van der Waals surface area contributed by atoms with Crippen LogP contribution in [-0.2, 0) is 4.74 Å². The van der Waals surface area contributed by atoms with Gasteiger partial charge in [0.25, 0.3) is 5.91 Å². The van der Waals surface area contributed by atoms with Crippen molar-refractivity contribution in [2.24, 2.45) is 5.10 Å². The maximum atomic E-state index is 13.1. The lowest BCUT2D eigenvalue weighted by atomic mass is 10.1. The van der Waals surface area contributed by atoms with E-state index in [1.807, 2.05) is 6.92 Å². The number of hydrazone groups is 1. The molecule has 1 fully saturated rings. The van der Waals surface area contributed by atoms with Crippen molar-refractivity contribution < 1.29 is 14.6 Å². The summed E-state index contributed by atoms with van der Waals surface area (Å²) in [5, 5.41) is 17.9. The van der Waals surface area contributed by atoms with Gasteiger partial charge in [-0.2, -0.15) is 10.1 Å². The van der Waals surface area contributed by atoms with Gasteiger partial charge >= 0.3 is 0 Å². The van der Waals surface area contributed by atoms with Gasteiger partial charge in [0.1, 0.15) is 11.6 Å². The van der Waals surface area contributed by atoms with Crippen molar-refractivity contribution in [2.45, 2.75) is 6.92 Å². The zero-order valence-electron chi connectivity index (χ0n) is 18.6. The second-order valence-electron chi connectivity index (χ2n) is 7.58. The normalized spacial score (nSPS) is 13.8. The van der Waals surface area contributed by atoms with Crippen molar-refractivity contribution in [3.05, 3.63) is 67.7 Å². The standard InChI is InChI=1S/C23H21BrCl2N6O3/c1-13-11-27-23(30-21(13)32-6-8-35-9-7-32)31-28-12-14-19(15(24)10-17(26)20(14)33)22(34)29-18-5-3-2-4-16(18)25/h2-5,10-12,33H,6-9H2,1H3,(H,29,34)(H,27,30,31)/b28-12-. The van der Waals surface area contributed by atoms with Crippen LogP contribution in [0.3, 0.4) is 0 Å². The molecule has 0 aliphatic carbocycles. The number of aromatic nitrogens is 2. The number of carbonyl (C=O) groups is 1. The average molecular weight is 580 g/mol. The molecule has 0 saturated carbocycles. The number of amides is 1. The van der Waals surface area contributed by atoms with Crippen molar-refractivity contribution in [1.82, 2.24) is 9.97 Å². The Morgan fingerprint density at radius 3 is 2.74 bits per heavy atom. The molecule has 3 aromatic rings. The van der Waals surface area contributed by atoms with E-state index in [1.165, 1.54) is 12.3 Å². The molecule has 0 atom stereocenters. The lowest BCUT2D eigenvalue weighted by Gasteiger charge is -2.28. The van der Waals surface area contributed by atoms with Crippen LogP contribution in [-0.4, -0.2) is 53.5 Å². The predicted octanol–water partition coefficient (Wildman–Crippen LogP) is 5.09. The summed E-state index contributed by atoms with van der Waals surface area (Å²) >= 11 is 15.7. The quantitative estimate of drug-likeness (QED) is 0.275. The highest BCUT2D eigenvalue weighted by Crippen LogP contribution is 2.35. The van der Waals surface area contributed by atoms with E-state index < -0.39 is 5.91 Å². The molecule has 0 radical (unpaired) electrons. The van der Waals surface area contributed by atoms with Crippen LogP contribution in [0.5, 0.6) is 5.75 Å². The third kappa shape index (κ3) is 5.84. The van der Waals surface area contributed by atoms with E-state index in [2.05, 4.69) is 46.6 Å². The number of anilines is 3. The number of benzene rings is 2. The van der Waals surface area contributed by atoms with E-state index in [-0.39, 0.29) is 27.8 Å². The molecule has 12 heteroatoms. The molecular formula is C23H21BrCl2N6O3. The molecule has 2 aromatic carbocycles. The minimum atomic E-state index is -0.514. The minimum Gasteiger partial charge on any atom is -0.506 e. The highest BCUT2D eigenvalue weighted by atomic mass is 79.9. The van der Waals surface area contributed by atoms with Crippen LogP contribution >= 0.6 is 39.1 Å². The number of morpholine rings is 1. The van der Waals surface area contributed by atoms with E-state index in [4.69, 9.17) is 27.9 Å². The SMILES string of the molecule is Cc1cnc(N/N=C\c2c(O)c(Cl)cc(Br)c2C(=O)Nc2ccccc2Cl)nc1N1CCOCC1. The summed E-state index contributed by atoms with van der Waals surface area (Å²) in [5.74, 6) is 0.230. The van der Waals surface area contributed by atoms with Crippen LogP contribution in [0, 0.1) is 6.92 Å². The summed E-state index contributed by atoms with van der Waals surface area (Å²) in [6.45, 7) is 4.66. The van der Waals surface area contributed by atoms with E-state index in [0.717, 1.165) is 24.5 Å². The Labute approximate surface area is 220 Å². The number of hydrogen-bond donors (Lipinski definition) is 3. The summed E-state index contributed by atoms with van der Waals surface area (Å²) in [7, 11) is 0. The largest absolute Gasteiger partial charge is 0.506 e. The first-order valence-electron chi connectivity index (χ1n) is 10.6. The zero-order valence-corrected chi connectivity index (χ0v) is 21.7. The topological polar surface area (TPSA) is 112 Å². The van der Waals surface area contributed by atoms with Crippen LogP contribution < -0.4 is 15.6 Å². The summed E-state index contributed by atoms with van der Waals surface area (Å²) < 4.78 is 5.78. The summed E-state index contributed by atoms with van der Waals surface area (Å²) in [6.07, 6.45) is 2.98. The van der Waals surface area contributed by atoms with Crippen molar-refractivity contribution in [3.63, 3.8) is 0 Å². The molecule has 2 heterocycles. The molecule has 0 spiro atoms. The second-order valence-corrected chi connectivity index (χ2v) is 9.25. The molecule has 1 amide bonds. The summed E-state index contributed by atoms with van der Waals surface area (Å²) in [4.78, 5) is 24.0. The number of phenols is 1. The number of phenolic OH excluding ortho intramolecular Hbond substituents is 1. The van der Waals surface area contributed by atoms with Crippen molar-refractivity contribution in [1.29, 1.82) is 0 Å². The number of aromatic hydroxyl groups is 1. The molecule has 1 aromatic heterocycles. The Bertz CT molecular complexity index is 1280. The lowest BCUT2D eigenvalue weighted by Crippen LogP contribution is -2.37. The maximum absolute atomic E-state index is 13.1. The van der Waals surface area contributed by atoms with Gasteiger partial charge in [-0.1, -0.05) is 35.3 Å². The molecule has 182 valence electrons. The van der Waals surface area contributed by atoms with Gasteiger partial charge in [-0.25, -0.2) is 10.4 Å². The monoisotopic (exact) mass is 578 g/mol. The first-order chi connectivity index (χ1) is 16.8. The van der Waals surface area contributed by atoms with Crippen molar-refractivity contribution in [2.75, 3.05) is 41.9 Å². The Hall–Kier alpha value is -2.92. The third-order valence-corrected chi connectivity index (χ3v) is 6.45. The molecular weight excluding hydrogens is 559 g/mol. The Kier molecular flexibility index (Phi) is 8.07. The van der Waals surface area contributed by atoms with Crippen molar-refractivity contribution >= 4 is 68.7 Å². The van der Waals surface area contributed by atoms with E-state index >= 15 is 0 Å². The maximum Gasteiger partial charge on any atom is 0.257 e. The van der Waals surface area contributed by atoms with Gasteiger partial charge in [0, 0.05) is 29.3 Å². The Morgan fingerprint density at radius 2 is 2.00 bits per heavy atom. The van der Waals surface area contributed by atoms with Crippen LogP contribution in [0.1, 0.15) is 21.5 Å². The molecule has 35 heavy (non-hydrogen) atoms. The first kappa shape index (κ1) is 25.2. The Balaban J connectivity index is 1.60. The number of aryl methyl sites for hydroxylation is 1. The molecule has 9 nitrogen and oxygen atoms in total. The van der Waals surface area contributed by atoms with Crippen LogP contribution in [0.2, 0.25) is 10.0 Å². The molecule has 0 unspecified atom stereocenters. The highest BCUT2D eigenvalue weighted by Gasteiger charge is 2.21. The minimum absolute atomic E-state index is 0.0498.